The van der Waals surface area contributed by atoms with Crippen LogP contribution in [0, 0.1) is 5.82 Å². The minimum atomic E-state index is -0.430. The third-order valence-corrected chi connectivity index (χ3v) is 4.34. The van der Waals surface area contributed by atoms with Crippen LogP contribution in [0.3, 0.4) is 0 Å². The maximum Gasteiger partial charge on any atom is 0.271 e. The number of nitrogens with one attached hydrogen (secondary N) is 1. The van der Waals surface area contributed by atoms with Crippen molar-refractivity contribution < 1.29 is 13.9 Å². The lowest BCUT2D eigenvalue weighted by Crippen LogP contribution is -2.17. The van der Waals surface area contributed by atoms with Gasteiger partial charge in [0.05, 0.1) is 6.21 Å². The van der Waals surface area contributed by atoms with E-state index in [0.29, 0.717) is 21.4 Å². The average Bonchev–Trinajstić information content (AvgIpc) is 2.68. The van der Waals surface area contributed by atoms with Gasteiger partial charge in [-0.1, -0.05) is 41.4 Å². The fraction of sp³-hybridized carbons (Fsp3) is 0.0476. The molecule has 0 aliphatic carbocycles. The molecule has 4 nitrogen and oxygen atoms in total. The van der Waals surface area contributed by atoms with Crippen LogP contribution in [0.5, 0.6) is 5.75 Å². The summed E-state index contributed by atoms with van der Waals surface area (Å²) in [6.07, 6.45) is 1.49. The molecular formula is C21H15Cl2FN2O2. The molecule has 1 N–H and O–H groups in total. The van der Waals surface area contributed by atoms with Gasteiger partial charge in [0, 0.05) is 21.2 Å². The Balaban J connectivity index is 1.58. The highest BCUT2D eigenvalue weighted by atomic mass is 35.5. The number of carbonyl (C=O) groups is 1. The first-order valence-electron chi connectivity index (χ1n) is 8.27. The van der Waals surface area contributed by atoms with Crippen molar-refractivity contribution in [2.45, 2.75) is 6.61 Å². The molecule has 142 valence electrons. The molecule has 0 bridgehead atoms. The largest absolute Gasteiger partial charge is 0.489 e. The summed E-state index contributed by atoms with van der Waals surface area (Å²) in [7, 11) is 0. The van der Waals surface area contributed by atoms with Gasteiger partial charge in [0.2, 0.25) is 0 Å². The van der Waals surface area contributed by atoms with E-state index in [-0.39, 0.29) is 6.61 Å². The highest BCUT2D eigenvalue weighted by Gasteiger charge is 2.05. The van der Waals surface area contributed by atoms with Crippen LogP contribution in [0.2, 0.25) is 10.0 Å². The predicted molar refractivity (Wildman–Crippen MR) is 109 cm³/mol. The van der Waals surface area contributed by atoms with Crippen LogP contribution in [-0.4, -0.2) is 12.1 Å². The molecule has 7 heteroatoms. The van der Waals surface area contributed by atoms with E-state index in [0.717, 1.165) is 11.1 Å². The molecule has 0 fully saturated rings. The normalized spacial score (nSPS) is 10.8. The SMILES string of the molecule is O=C(N/N=C\c1cccc(OCc2ccc(Cl)cc2Cl)c1)c1ccc(F)cc1. The zero-order valence-corrected chi connectivity index (χ0v) is 16.0. The van der Waals surface area contributed by atoms with Gasteiger partial charge in [-0.25, -0.2) is 9.82 Å². The topological polar surface area (TPSA) is 50.7 Å². The molecule has 0 atom stereocenters. The van der Waals surface area contributed by atoms with E-state index in [1.807, 2.05) is 12.1 Å². The number of rotatable bonds is 6. The first-order valence-corrected chi connectivity index (χ1v) is 9.02. The number of hydrogen-bond acceptors (Lipinski definition) is 3. The monoisotopic (exact) mass is 416 g/mol. The van der Waals surface area contributed by atoms with Crippen molar-refractivity contribution in [3.8, 4) is 5.75 Å². The lowest BCUT2D eigenvalue weighted by Gasteiger charge is -2.08. The van der Waals surface area contributed by atoms with Crippen LogP contribution in [0.25, 0.3) is 0 Å². The van der Waals surface area contributed by atoms with Gasteiger partial charge in [-0.3, -0.25) is 4.79 Å². The summed E-state index contributed by atoms with van der Waals surface area (Å²) in [5, 5.41) is 5.01. The van der Waals surface area contributed by atoms with Crippen LogP contribution in [-0.2, 0) is 6.61 Å². The Hall–Kier alpha value is -2.89. The second kappa shape index (κ2) is 9.35. The van der Waals surface area contributed by atoms with Crippen molar-refractivity contribution in [3.05, 3.63) is 99.3 Å². The standard InChI is InChI=1S/C21H15Cl2FN2O2/c22-17-7-4-16(20(23)11-17)13-28-19-3-1-2-14(10-19)12-25-26-21(27)15-5-8-18(24)9-6-15/h1-12H,13H2,(H,26,27)/b25-12-. The highest BCUT2D eigenvalue weighted by Crippen LogP contribution is 2.23. The number of ether oxygens (including phenoxy) is 1. The van der Waals surface area contributed by atoms with Crippen molar-refractivity contribution in [1.29, 1.82) is 0 Å². The van der Waals surface area contributed by atoms with Gasteiger partial charge in [-0.2, -0.15) is 5.10 Å². The van der Waals surface area contributed by atoms with Crippen molar-refractivity contribution in [3.63, 3.8) is 0 Å². The Morgan fingerprint density at radius 2 is 1.86 bits per heavy atom. The van der Waals surface area contributed by atoms with E-state index < -0.39 is 11.7 Å². The minimum Gasteiger partial charge on any atom is -0.489 e. The molecule has 0 aromatic heterocycles. The van der Waals surface area contributed by atoms with E-state index in [2.05, 4.69) is 10.5 Å². The number of hydrazone groups is 1. The molecule has 0 radical (unpaired) electrons. The Morgan fingerprint density at radius 1 is 1.07 bits per heavy atom. The fourth-order valence-electron chi connectivity index (χ4n) is 2.32. The summed E-state index contributed by atoms with van der Waals surface area (Å²) in [6, 6.07) is 17.6. The predicted octanol–water partition coefficient (Wildman–Crippen LogP) is 5.48. The zero-order chi connectivity index (χ0) is 19.9. The molecule has 0 saturated carbocycles. The second-order valence-electron chi connectivity index (χ2n) is 5.80. The number of amides is 1. The van der Waals surface area contributed by atoms with E-state index in [1.54, 1.807) is 30.3 Å². The lowest BCUT2D eigenvalue weighted by atomic mass is 10.2. The van der Waals surface area contributed by atoms with Crippen LogP contribution >= 0.6 is 23.2 Å². The van der Waals surface area contributed by atoms with E-state index in [9.17, 15) is 9.18 Å². The Kier molecular flexibility index (Phi) is 6.63. The summed E-state index contributed by atoms with van der Waals surface area (Å²) in [4.78, 5) is 11.9. The molecule has 0 heterocycles. The van der Waals surface area contributed by atoms with Crippen molar-refractivity contribution in [1.82, 2.24) is 5.43 Å². The maximum absolute atomic E-state index is 12.9. The van der Waals surface area contributed by atoms with Gasteiger partial charge in [-0.15, -0.1) is 0 Å². The zero-order valence-electron chi connectivity index (χ0n) is 14.5. The summed E-state index contributed by atoms with van der Waals surface area (Å²) in [5.41, 5.74) is 4.26. The summed E-state index contributed by atoms with van der Waals surface area (Å²) >= 11 is 12.0. The Labute approximate surface area is 171 Å². The molecule has 1 amide bonds. The van der Waals surface area contributed by atoms with Crippen LogP contribution < -0.4 is 10.2 Å². The maximum atomic E-state index is 12.9. The fourth-order valence-corrected chi connectivity index (χ4v) is 2.78. The van der Waals surface area contributed by atoms with E-state index >= 15 is 0 Å². The number of nitrogens with zero attached hydrogens (tertiary/aromatic N) is 1. The van der Waals surface area contributed by atoms with Crippen LogP contribution in [0.1, 0.15) is 21.5 Å². The Bertz CT molecular complexity index is 1010. The molecule has 3 aromatic rings. The second-order valence-corrected chi connectivity index (χ2v) is 6.65. The first kappa shape index (κ1) is 19.9. The van der Waals surface area contributed by atoms with Gasteiger partial charge in [0.15, 0.2) is 0 Å². The van der Waals surface area contributed by atoms with Gasteiger partial charge < -0.3 is 4.74 Å². The molecule has 0 aliphatic heterocycles. The average molecular weight is 417 g/mol. The third kappa shape index (κ3) is 5.55. The van der Waals surface area contributed by atoms with Crippen molar-refractivity contribution >= 4 is 35.3 Å². The van der Waals surface area contributed by atoms with Gasteiger partial charge >= 0.3 is 0 Å². The molecule has 3 aromatic carbocycles. The van der Waals surface area contributed by atoms with Crippen LogP contribution in [0.15, 0.2) is 71.8 Å². The molecule has 0 unspecified atom stereocenters. The number of carbonyl (C=O) groups excluding carboxylic acids is 1. The molecular weight excluding hydrogens is 402 g/mol. The highest BCUT2D eigenvalue weighted by molar-refractivity contribution is 6.35. The lowest BCUT2D eigenvalue weighted by molar-refractivity contribution is 0.0955. The first-order chi connectivity index (χ1) is 13.5. The smallest absolute Gasteiger partial charge is 0.271 e. The van der Waals surface area contributed by atoms with Gasteiger partial charge in [-0.05, 0) is 54.1 Å². The van der Waals surface area contributed by atoms with Gasteiger partial charge in [0.25, 0.3) is 5.91 Å². The molecule has 28 heavy (non-hydrogen) atoms. The van der Waals surface area contributed by atoms with E-state index in [4.69, 9.17) is 27.9 Å². The van der Waals surface area contributed by atoms with Crippen LogP contribution in [0.4, 0.5) is 4.39 Å². The number of benzene rings is 3. The quantitative estimate of drug-likeness (QED) is 0.427. The summed E-state index contributed by atoms with van der Waals surface area (Å²) < 4.78 is 18.6. The van der Waals surface area contributed by atoms with Gasteiger partial charge in [0.1, 0.15) is 18.2 Å². The number of halogens is 3. The summed E-state index contributed by atoms with van der Waals surface area (Å²) in [6.45, 7) is 0.290. The summed E-state index contributed by atoms with van der Waals surface area (Å²) in [5.74, 6) is -0.211. The van der Waals surface area contributed by atoms with Crippen molar-refractivity contribution in [2.24, 2.45) is 5.10 Å². The number of hydrogen-bond donors (Lipinski definition) is 1. The molecule has 0 spiro atoms. The third-order valence-electron chi connectivity index (χ3n) is 3.75. The van der Waals surface area contributed by atoms with E-state index in [1.165, 1.54) is 30.5 Å². The minimum absolute atomic E-state index is 0.290. The molecule has 0 aliphatic rings. The molecule has 0 saturated heterocycles. The Morgan fingerprint density at radius 3 is 2.61 bits per heavy atom. The molecule has 3 rings (SSSR count). The van der Waals surface area contributed by atoms with Crippen molar-refractivity contribution in [2.75, 3.05) is 0 Å².